The summed E-state index contributed by atoms with van der Waals surface area (Å²) in [5, 5.41) is 9.38. The lowest BCUT2D eigenvalue weighted by Crippen LogP contribution is -2.56. The van der Waals surface area contributed by atoms with Crippen molar-refractivity contribution in [3.8, 4) is 5.88 Å². The number of ether oxygens (including phenoxy) is 1. The fourth-order valence-corrected chi connectivity index (χ4v) is 3.60. The van der Waals surface area contributed by atoms with E-state index in [-0.39, 0.29) is 11.4 Å². The molecular formula is C20H25N3O3. The molecule has 1 fully saturated rings. The van der Waals surface area contributed by atoms with E-state index in [0.717, 1.165) is 25.3 Å². The van der Waals surface area contributed by atoms with Crippen LogP contribution >= 0.6 is 0 Å². The first kappa shape index (κ1) is 18.2. The summed E-state index contributed by atoms with van der Waals surface area (Å²) in [4.78, 5) is 20.3. The van der Waals surface area contributed by atoms with Crippen LogP contribution in [0.2, 0.25) is 0 Å². The number of piperazine rings is 1. The Morgan fingerprint density at radius 3 is 2.46 bits per heavy atom. The minimum atomic E-state index is -1.03. The number of hydrogen-bond acceptors (Lipinski definition) is 5. The Morgan fingerprint density at radius 1 is 1.23 bits per heavy atom. The van der Waals surface area contributed by atoms with Crippen LogP contribution in [0.25, 0.3) is 0 Å². The van der Waals surface area contributed by atoms with Gasteiger partial charge in [0.1, 0.15) is 5.56 Å². The maximum Gasteiger partial charge on any atom is 0.341 e. The van der Waals surface area contributed by atoms with E-state index in [4.69, 9.17) is 4.74 Å². The van der Waals surface area contributed by atoms with Crippen molar-refractivity contribution in [3.63, 3.8) is 0 Å². The van der Waals surface area contributed by atoms with Crippen LogP contribution in [-0.2, 0) is 6.54 Å². The molecule has 2 heterocycles. The predicted octanol–water partition coefficient (Wildman–Crippen LogP) is 2.89. The number of benzene rings is 1. The quantitative estimate of drug-likeness (QED) is 0.890. The van der Waals surface area contributed by atoms with Gasteiger partial charge in [0.15, 0.2) is 0 Å². The molecular weight excluding hydrogens is 330 g/mol. The van der Waals surface area contributed by atoms with E-state index >= 15 is 0 Å². The SMILES string of the molecule is COc1ncc(N2C[C@@H](C)N(Cc3ccccc3)[C@@H](C)C2)cc1C(=O)O. The lowest BCUT2D eigenvalue weighted by atomic mass is 10.1. The van der Waals surface area contributed by atoms with Crippen LogP contribution < -0.4 is 9.64 Å². The summed E-state index contributed by atoms with van der Waals surface area (Å²) in [7, 11) is 1.43. The fraction of sp³-hybridized carbons (Fsp3) is 0.400. The van der Waals surface area contributed by atoms with Crippen molar-refractivity contribution in [2.45, 2.75) is 32.5 Å². The molecule has 1 aromatic heterocycles. The zero-order chi connectivity index (χ0) is 18.7. The van der Waals surface area contributed by atoms with E-state index in [1.165, 1.54) is 12.7 Å². The van der Waals surface area contributed by atoms with Crippen LogP contribution in [-0.4, -0.2) is 53.2 Å². The summed E-state index contributed by atoms with van der Waals surface area (Å²) in [6.45, 7) is 6.98. The van der Waals surface area contributed by atoms with Gasteiger partial charge in [-0.1, -0.05) is 30.3 Å². The van der Waals surface area contributed by atoms with Crippen LogP contribution in [0.5, 0.6) is 5.88 Å². The largest absolute Gasteiger partial charge is 0.480 e. The molecule has 1 N–H and O–H groups in total. The predicted molar refractivity (Wildman–Crippen MR) is 101 cm³/mol. The Morgan fingerprint density at radius 2 is 1.88 bits per heavy atom. The molecule has 1 aliphatic rings. The maximum absolute atomic E-state index is 11.5. The molecule has 1 aromatic carbocycles. The summed E-state index contributed by atoms with van der Waals surface area (Å²) in [6, 6.07) is 12.8. The van der Waals surface area contributed by atoms with Gasteiger partial charge in [0.05, 0.1) is 19.0 Å². The van der Waals surface area contributed by atoms with E-state index in [2.05, 4.69) is 52.9 Å². The minimum absolute atomic E-state index is 0.0945. The summed E-state index contributed by atoms with van der Waals surface area (Å²) >= 11 is 0. The van der Waals surface area contributed by atoms with Crippen molar-refractivity contribution in [1.29, 1.82) is 0 Å². The number of rotatable bonds is 5. The van der Waals surface area contributed by atoms with Crippen LogP contribution in [0.3, 0.4) is 0 Å². The number of anilines is 1. The third kappa shape index (κ3) is 3.80. The van der Waals surface area contributed by atoms with Gasteiger partial charge in [0.25, 0.3) is 0 Å². The zero-order valence-electron chi connectivity index (χ0n) is 15.4. The van der Waals surface area contributed by atoms with E-state index in [9.17, 15) is 9.90 Å². The number of methoxy groups -OCH3 is 1. The average molecular weight is 355 g/mol. The van der Waals surface area contributed by atoms with Crippen molar-refractivity contribution >= 4 is 11.7 Å². The number of hydrogen-bond donors (Lipinski definition) is 1. The van der Waals surface area contributed by atoms with Crippen LogP contribution in [0.1, 0.15) is 29.8 Å². The van der Waals surface area contributed by atoms with Gasteiger partial charge < -0.3 is 14.7 Å². The maximum atomic E-state index is 11.5. The number of pyridine rings is 1. The van der Waals surface area contributed by atoms with Crippen molar-refractivity contribution < 1.29 is 14.6 Å². The molecule has 1 saturated heterocycles. The molecule has 6 nitrogen and oxygen atoms in total. The standard InChI is InChI=1S/C20H25N3O3/c1-14-11-22(17-9-18(20(24)25)19(26-3)21-10-17)12-15(2)23(14)13-16-7-5-4-6-8-16/h4-10,14-15H,11-13H2,1-3H3,(H,24,25)/t14-,15+. The number of nitrogens with zero attached hydrogens (tertiary/aromatic N) is 3. The highest BCUT2D eigenvalue weighted by atomic mass is 16.5. The first-order valence-electron chi connectivity index (χ1n) is 8.81. The highest BCUT2D eigenvalue weighted by Gasteiger charge is 2.30. The van der Waals surface area contributed by atoms with Gasteiger partial charge in [-0.05, 0) is 25.5 Å². The van der Waals surface area contributed by atoms with Crippen molar-refractivity contribution in [3.05, 3.63) is 53.7 Å². The van der Waals surface area contributed by atoms with E-state index < -0.39 is 5.97 Å². The summed E-state index contributed by atoms with van der Waals surface area (Å²) in [5.41, 5.74) is 2.22. The van der Waals surface area contributed by atoms with Gasteiger partial charge in [-0.15, -0.1) is 0 Å². The lowest BCUT2D eigenvalue weighted by molar-refractivity contribution is 0.0692. The lowest BCUT2D eigenvalue weighted by Gasteiger charge is -2.45. The summed E-state index contributed by atoms with van der Waals surface area (Å²) in [5.74, 6) is -0.884. The third-order valence-corrected chi connectivity index (χ3v) is 4.94. The Kier molecular flexibility index (Phi) is 5.42. The molecule has 138 valence electrons. The van der Waals surface area contributed by atoms with Gasteiger partial charge in [0, 0.05) is 31.7 Å². The molecule has 26 heavy (non-hydrogen) atoms. The molecule has 2 aromatic rings. The number of aromatic carboxylic acids is 1. The first-order valence-corrected chi connectivity index (χ1v) is 8.81. The molecule has 0 saturated carbocycles. The van der Waals surface area contributed by atoms with Gasteiger partial charge in [-0.2, -0.15) is 0 Å². The summed E-state index contributed by atoms with van der Waals surface area (Å²) < 4.78 is 5.06. The number of carboxylic acid groups (broad SMARTS) is 1. The Bertz CT molecular complexity index is 754. The Balaban J connectivity index is 1.77. The molecule has 0 bridgehead atoms. The minimum Gasteiger partial charge on any atom is -0.480 e. The second-order valence-corrected chi connectivity index (χ2v) is 6.82. The number of aromatic nitrogens is 1. The molecule has 0 amide bonds. The number of carboxylic acids is 1. The van der Waals surface area contributed by atoms with Crippen molar-refractivity contribution in [2.75, 3.05) is 25.1 Å². The highest BCUT2D eigenvalue weighted by Crippen LogP contribution is 2.27. The van der Waals surface area contributed by atoms with Crippen molar-refractivity contribution in [2.24, 2.45) is 0 Å². The second kappa shape index (κ2) is 7.74. The van der Waals surface area contributed by atoms with Crippen LogP contribution in [0.15, 0.2) is 42.6 Å². The molecule has 3 rings (SSSR count). The van der Waals surface area contributed by atoms with Crippen LogP contribution in [0, 0.1) is 0 Å². The van der Waals surface area contributed by atoms with E-state index in [0.29, 0.717) is 12.1 Å². The molecule has 0 radical (unpaired) electrons. The smallest absolute Gasteiger partial charge is 0.341 e. The molecule has 0 unspecified atom stereocenters. The molecule has 6 heteroatoms. The second-order valence-electron chi connectivity index (χ2n) is 6.82. The average Bonchev–Trinajstić information content (AvgIpc) is 2.64. The topological polar surface area (TPSA) is 65.9 Å². The third-order valence-electron chi connectivity index (χ3n) is 4.94. The van der Waals surface area contributed by atoms with Crippen molar-refractivity contribution in [1.82, 2.24) is 9.88 Å². The van der Waals surface area contributed by atoms with Gasteiger partial charge in [-0.3, -0.25) is 4.90 Å². The van der Waals surface area contributed by atoms with E-state index in [1.807, 2.05) is 6.07 Å². The molecule has 0 aliphatic carbocycles. The Hall–Kier alpha value is -2.60. The van der Waals surface area contributed by atoms with Gasteiger partial charge >= 0.3 is 5.97 Å². The molecule has 0 spiro atoms. The zero-order valence-corrected chi connectivity index (χ0v) is 15.4. The highest BCUT2D eigenvalue weighted by molar-refractivity contribution is 5.91. The van der Waals surface area contributed by atoms with Gasteiger partial charge in [0.2, 0.25) is 5.88 Å². The monoisotopic (exact) mass is 355 g/mol. The molecule has 1 aliphatic heterocycles. The molecule has 2 atom stereocenters. The normalized spacial score (nSPS) is 20.8. The van der Waals surface area contributed by atoms with Gasteiger partial charge in [-0.25, -0.2) is 9.78 Å². The first-order chi connectivity index (χ1) is 12.5. The van der Waals surface area contributed by atoms with Crippen LogP contribution in [0.4, 0.5) is 5.69 Å². The fourth-order valence-electron chi connectivity index (χ4n) is 3.60. The number of carbonyl (C=O) groups is 1. The summed E-state index contributed by atoms with van der Waals surface area (Å²) in [6.07, 6.45) is 1.69. The van der Waals surface area contributed by atoms with E-state index in [1.54, 1.807) is 12.3 Å². The Labute approximate surface area is 154 Å².